The van der Waals surface area contributed by atoms with E-state index in [-0.39, 0.29) is 6.04 Å². The van der Waals surface area contributed by atoms with Crippen LogP contribution in [0.5, 0.6) is 0 Å². The van der Waals surface area contributed by atoms with Gasteiger partial charge < -0.3 is 4.90 Å². The number of sulfonamides is 1. The number of benzene rings is 1. The molecule has 0 amide bonds. The average molecular weight is 304 g/mol. The van der Waals surface area contributed by atoms with Gasteiger partial charge in [-0.25, -0.2) is 8.42 Å². The van der Waals surface area contributed by atoms with Crippen LogP contribution in [-0.4, -0.2) is 45.9 Å². The molecular formula is C13H20ClN2O2S+. The van der Waals surface area contributed by atoms with Crippen molar-refractivity contribution < 1.29 is 13.3 Å². The summed E-state index contributed by atoms with van der Waals surface area (Å²) in [5.41, 5.74) is 0. The van der Waals surface area contributed by atoms with Gasteiger partial charge in [-0.1, -0.05) is 11.6 Å². The Bertz CT molecular complexity index is 522. The van der Waals surface area contributed by atoms with Gasteiger partial charge in [-0.15, -0.1) is 0 Å². The zero-order valence-electron chi connectivity index (χ0n) is 11.3. The van der Waals surface area contributed by atoms with Gasteiger partial charge in [0.2, 0.25) is 10.0 Å². The summed E-state index contributed by atoms with van der Waals surface area (Å²) < 4.78 is 26.5. The Morgan fingerprint density at radius 3 is 2.26 bits per heavy atom. The van der Waals surface area contributed by atoms with Crippen molar-refractivity contribution in [2.45, 2.75) is 23.8 Å². The van der Waals surface area contributed by atoms with Crippen LogP contribution in [0.4, 0.5) is 0 Å². The first kappa shape index (κ1) is 14.8. The predicted molar refractivity (Wildman–Crippen MR) is 76.0 cm³/mol. The molecule has 0 radical (unpaired) electrons. The lowest BCUT2D eigenvalue weighted by Crippen LogP contribution is -3.10. The number of hydrogen-bond donors (Lipinski definition) is 1. The maximum absolute atomic E-state index is 12.5. The Morgan fingerprint density at radius 2 is 1.74 bits per heavy atom. The van der Waals surface area contributed by atoms with E-state index in [1.165, 1.54) is 9.21 Å². The standard InChI is InChI=1S/C13H19ClN2O2S/c1-15-9-7-12(8-10-15)16(2)19(17,18)13-5-3-11(14)4-6-13/h3-6,12H,7-10H2,1-2H3/p+1. The third-order valence-corrected chi connectivity index (χ3v) is 5.99. The minimum atomic E-state index is -3.41. The first-order chi connectivity index (χ1) is 8.91. The Labute approximate surface area is 120 Å². The number of rotatable bonds is 3. The van der Waals surface area contributed by atoms with E-state index < -0.39 is 10.0 Å². The summed E-state index contributed by atoms with van der Waals surface area (Å²) in [6.07, 6.45) is 1.82. The molecule has 2 rings (SSSR count). The summed E-state index contributed by atoms with van der Waals surface area (Å²) in [6, 6.07) is 6.45. The van der Waals surface area contributed by atoms with Gasteiger partial charge in [-0.2, -0.15) is 4.31 Å². The second-order valence-corrected chi connectivity index (χ2v) is 7.60. The van der Waals surface area contributed by atoms with E-state index in [1.807, 2.05) is 0 Å². The van der Waals surface area contributed by atoms with Crippen LogP contribution in [0, 0.1) is 0 Å². The summed E-state index contributed by atoms with van der Waals surface area (Å²) in [6.45, 7) is 2.04. The number of halogens is 1. The highest BCUT2D eigenvalue weighted by Gasteiger charge is 2.31. The topological polar surface area (TPSA) is 41.8 Å². The van der Waals surface area contributed by atoms with E-state index in [9.17, 15) is 8.42 Å². The Morgan fingerprint density at radius 1 is 1.21 bits per heavy atom. The number of quaternary nitrogens is 1. The van der Waals surface area contributed by atoms with Crippen LogP contribution in [0.1, 0.15) is 12.8 Å². The SMILES string of the molecule is CN(C1CC[NH+](C)CC1)S(=O)(=O)c1ccc(Cl)cc1. The zero-order valence-corrected chi connectivity index (χ0v) is 12.8. The molecule has 0 unspecified atom stereocenters. The Balaban J connectivity index is 2.17. The molecule has 1 aliphatic rings. The lowest BCUT2D eigenvalue weighted by atomic mass is 10.1. The molecule has 0 aromatic heterocycles. The lowest BCUT2D eigenvalue weighted by molar-refractivity contribution is -0.885. The molecule has 106 valence electrons. The molecule has 0 bridgehead atoms. The van der Waals surface area contributed by atoms with Crippen molar-refractivity contribution in [3.05, 3.63) is 29.3 Å². The average Bonchev–Trinajstić information content (AvgIpc) is 2.39. The number of piperidine rings is 1. The van der Waals surface area contributed by atoms with Gasteiger partial charge in [0.05, 0.1) is 25.0 Å². The monoisotopic (exact) mass is 303 g/mol. The van der Waals surface area contributed by atoms with Crippen LogP contribution in [0.15, 0.2) is 29.2 Å². The molecule has 6 heteroatoms. The van der Waals surface area contributed by atoms with Crippen LogP contribution in [-0.2, 0) is 10.0 Å². The molecule has 1 aliphatic heterocycles. The third-order valence-electron chi connectivity index (χ3n) is 3.81. The fourth-order valence-electron chi connectivity index (χ4n) is 2.43. The molecule has 0 saturated carbocycles. The van der Waals surface area contributed by atoms with Crippen molar-refractivity contribution >= 4 is 21.6 Å². The Hall–Kier alpha value is -0.620. The first-order valence-electron chi connectivity index (χ1n) is 6.46. The van der Waals surface area contributed by atoms with Crippen LogP contribution in [0.2, 0.25) is 5.02 Å². The van der Waals surface area contributed by atoms with Gasteiger partial charge in [-0.3, -0.25) is 0 Å². The van der Waals surface area contributed by atoms with Gasteiger partial charge in [-0.05, 0) is 24.3 Å². The molecule has 1 heterocycles. The van der Waals surface area contributed by atoms with E-state index >= 15 is 0 Å². The highest BCUT2D eigenvalue weighted by Crippen LogP contribution is 2.21. The quantitative estimate of drug-likeness (QED) is 0.890. The molecule has 1 aromatic rings. The molecule has 1 saturated heterocycles. The van der Waals surface area contributed by atoms with Gasteiger partial charge in [0.25, 0.3) is 0 Å². The van der Waals surface area contributed by atoms with Gasteiger partial charge in [0.1, 0.15) is 0 Å². The van der Waals surface area contributed by atoms with Crippen LogP contribution < -0.4 is 4.90 Å². The first-order valence-corrected chi connectivity index (χ1v) is 8.28. The number of nitrogens with zero attached hydrogens (tertiary/aromatic N) is 1. The van der Waals surface area contributed by atoms with Crippen molar-refractivity contribution in [3.63, 3.8) is 0 Å². The minimum Gasteiger partial charge on any atom is -0.337 e. The molecule has 0 aliphatic carbocycles. The fourth-order valence-corrected chi connectivity index (χ4v) is 3.97. The van der Waals surface area contributed by atoms with E-state index in [1.54, 1.807) is 31.3 Å². The number of likely N-dealkylation sites (tertiary alicyclic amines) is 1. The van der Waals surface area contributed by atoms with Crippen LogP contribution in [0.25, 0.3) is 0 Å². The smallest absolute Gasteiger partial charge is 0.243 e. The van der Waals surface area contributed by atoms with Gasteiger partial charge in [0, 0.05) is 31.0 Å². The van der Waals surface area contributed by atoms with E-state index in [4.69, 9.17) is 11.6 Å². The molecule has 1 aromatic carbocycles. The molecule has 1 N–H and O–H groups in total. The van der Waals surface area contributed by atoms with Crippen molar-refractivity contribution in [1.82, 2.24) is 4.31 Å². The normalized spacial score (nSPS) is 24.6. The zero-order chi connectivity index (χ0) is 14.0. The molecule has 4 nitrogen and oxygen atoms in total. The second-order valence-electron chi connectivity index (χ2n) is 5.16. The summed E-state index contributed by atoms with van der Waals surface area (Å²) in [5, 5.41) is 0.546. The summed E-state index contributed by atoms with van der Waals surface area (Å²) in [4.78, 5) is 1.78. The van der Waals surface area contributed by atoms with Crippen LogP contribution in [0.3, 0.4) is 0 Å². The summed E-state index contributed by atoms with van der Waals surface area (Å²) >= 11 is 5.79. The highest BCUT2D eigenvalue weighted by atomic mass is 35.5. The Kier molecular flexibility index (Phi) is 4.50. The largest absolute Gasteiger partial charge is 0.337 e. The lowest BCUT2D eigenvalue weighted by Gasteiger charge is -2.32. The third kappa shape index (κ3) is 3.28. The molecular weight excluding hydrogens is 284 g/mol. The highest BCUT2D eigenvalue weighted by molar-refractivity contribution is 7.89. The molecule has 19 heavy (non-hydrogen) atoms. The summed E-state index contributed by atoms with van der Waals surface area (Å²) in [5.74, 6) is 0. The van der Waals surface area contributed by atoms with Crippen molar-refractivity contribution in [3.8, 4) is 0 Å². The van der Waals surface area contributed by atoms with Crippen LogP contribution >= 0.6 is 11.6 Å². The minimum absolute atomic E-state index is 0.101. The van der Waals surface area contributed by atoms with E-state index in [2.05, 4.69) is 7.05 Å². The predicted octanol–water partition coefficient (Wildman–Crippen LogP) is 0.638. The number of nitrogens with one attached hydrogen (secondary N) is 1. The maximum atomic E-state index is 12.5. The van der Waals surface area contributed by atoms with Gasteiger partial charge in [0.15, 0.2) is 0 Å². The van der Waals surface area contributed by atoms with E-state index in [0.717, 1.165) is 25.9 Å². The molecule has 0 spiro atoms. The van der Waals surface area contributed by atoms with E-state index in [0.29, 0.717) is 9.92 Å². The van der Waals surface area contributed by atoms with Crippen molar-refractivity contribution in [2.24, 2.45) is 0 Å². The van der Waals surface area contributed by atoms with Crippen molar-refractivity contribution in [1.29, 1.82) is 0 Å². The number of hydrogen-bond acceptors (Lipinski definition) is 2. The summed E-state index contributed by atoms with van der Waals surface area (Å²) in [7, 11) is 0.411. The molecule has 0 atom stereocenters. The fraction of sp³-hybridized carbons (Fsp3) is 0.538. The van der Waals surface area contributed by atoms with Gasteiger partial charge >= 0.3 is 0 Å². The maximum Gasteiger partial charge on any atom is 0.243 e. The molecule has 1 fully saturated rings. The second kappa shape index (κ2) is 5.79. The van der Waals surface area contributed by atoms with Crippen molar-refractivity contribution in [2.75, 3.05) is 27.2 Å².